The monoisotopic (exact) mass is 473 g/mol. The van der Waals surface area contributed by atoms with Crippen molar-refractivity contribution in [3.63, 3.8) is 0 Å². The summed E-state index contributed by atoms with van der Waals surface area (Å²) in [6.07, 6.45) is 3.17. The fraction of sp³-hybridized carbons (Fsp3) is 0.409. The second kappa shape index (κ2) is 9.86. The molecule has 11 heteroatoms. The number of hydrogen-bond acceptors (Lipinski definition) is 7. The molecule has 4 rings (SSSR count). The minimum absolute atomic E-state index is 0.0691. The Kier molecular flexibility index (Phi) is 6.91. The number of piperidine rings is 1. The average molecular weight is 474 g/mol. The van der Waals surface area contributed by atoms with E-state index in [2.05, 4.69) is 10.3 Å². The molecule has 0 aliphatic carbocycles. The van der Waals surface area contributed by atoms with Gasteiger partial charge in [-0.2, -0.15) is 4.31 Å². The topological polar surface area (TPSA) is 135 Å². The summed E-state index contributed by atoms with van der Waals surface area (Å²) in [6.45, 7) is 2.58. The van der Waals surface area contributed by atoms with Crippen LogP contribution in [-0.2, 0) is 19.6 Å². The van der Waals surface area contributed by atoms with Crippen molar-refractivity contribution in [2.75, 3.05) is 49.6 Å². The first-order chi connectivity index (χ1) is 15.8. The number of carbonyl (C=O) groups excluding carboxylic acids is 2. The normalized spacial score (nSPS) is 19.8. The summed E-state index contributed by atoms with van der Waals surface area (Å²) in [7, 11) is -3.70. The highest BCUT2D eigenvalue weighted by molar-refractivity contribution is 7.89. The number of carbonyl (C=O) groups is 2. The number of benzene rings is 1. The zero-order valence-electron chi connectivity index (χ0n) is 18.1. The van der Waals surface area contributed by atoms with Crippen LogP contribution in [0.5, 0.6) is 0 Å². The fourth-order valence-corrected chi connectivity index (χ4v) is 5.46. The Balaban J connectivity index is 1.43. The molecule has 0 bridgehead atoms. The van der Waals surface area contributed by atoms with Gasteiger partial charge in [-0.05, 0) is 43.2 Å². The van der Waals surface area contributed by atoms with Crippen molar-refractivity contribution in [3.8, 4) is 0 Å². The van der Waals surface area contributed by atoms with Crippen molar-refractivity contribution < 1.29 is 22.7 Å². The maximum absolute atomic E-state index is 12.9. The summed E-state index contributed by atoms with van der Waals surface area (Å²) in [5, 5.41) is 2.75. The van der Waals surface area contributed by atoms with Gasteiger partial charge in [-0.15, -0.1) is 0 Å². The summed E-state index contributed by atoms with van der Waals surface area (Å²) in [6, 6.07) is 9.47. The van der Waals surface area contributed by atoms with Crippen LogP contribution in [-0.4, -0.2) is 68.9 Å². The smallest absolute Gasteiger partial charge is 0.255 e. The molecule has 2 aromatic rings. The molecule has 176 valence electrons. The number of rotatable bonds is 6. The number of aromatic nitrogens is 1. The van der Waals surface area contributed by atoms with Crippen LogP contribution in [0.2, 0.25) is 0 Å². The molecule has 3 N–H and O–H groups in total. The molecule has 1 aromatic heterocycles. The number of nitrogens with two attached hydrogens (primary N) is 1. The number of nitrogens with zero attached hydrogens (tertiary/aromatic N) is 3. The van der Waals surface area contributed by atoms with Crippen LogP contribution < -0.4 is 16.0 Å². The number of pyridine rings is 1. The van der Waals surface area contributed by atoms with Gasteiger partial charge in [-0.3, -0.25) is 9.59 Å². The van der Waals surface area contributed by atoms with Gasteiger partial charge in [0, 0.05) is 31.7 Å². The van der Waals surface area contributed by atoms with Crippen LogP contribution in [0.4, 0.5) is 11.5 Å². The molecule has 33 heavy (non-hydrogen) atoms. The minimum atomic E-state index is -3.70. The molecular formula is C22H27N5O5S. The second-order valence-corrected chi connectivity index (χ2v) is 10.0. The largest absolute Gasteiger partial charge is 0.379 e. The number of hydrogen-bond donors (Lipinski definition) is 2. The average Bonchev–Trinajstić information content (AvgIpc) is 2.85. The van der Waals surface area contributed by atoms with E-state index in [0.29, 0.717) is 31.3 Å². The van der Waals surface area contributed by atoms with Crippen LogP contribution in [0, 0.1) is 5.92 Å². The van der Waals surface area contributed by atoms with E-state index < -0.39 is 15.9 Å². The number of primary amides is 1. The number of nitrogens with one attached hydrogen (secondary N) is 1. The summed E-state index contributed by atoms with van der Waals surface area (Å²) in [5.74, 6) is -0.227. The highest BCUT2D eigenvalue weighted by Gasteiger charge is 2.27. The molecular weight excluding hydrogens is 446 g/mol. The third-order valence-electron chi connectivity index (χ3n) is 5.86. The number of amides is 2. The van der Waals surface area contributed by atoms with Crippen molar-refractivity contribution in [3.05, 3.63) is 48.2 Å². The van der Waals surface area contributed by atoms with Crippen molar-refractivity contribution in [2.24, 2.45) is 11.7 Å². The molecule has 1 atom stereocenters. The highest BCUT2D eigenvalue weighted by Crippen LogP contribution is 2.23. The summed E-state index contributed by atoms with van der Waals surface area (Å²) in [4.78, 5) is 30.7. The van der Waals surface area contributed by atoms with Gasteiger partial charge < -0.3 is 20.7 Å². The van der Waals surface area contributed by atoms with Crippen molar-refractivity contribution >= 4 is 33.3 Å². The van der Waals surface area contributed by atoms with E-state index in [4.69, 9.17) is 10.5 Å². The van der Waals surface area contributed by atoms with Crippen molar-refractivity contribution in [1.29, 1.82) is 0 Å². The lowest BCUT2D eigenvalue weighted by Gasteiger charge is -2.32. The third-order valence-corrected chi connectivity index (χ3v) is 7.75. The maximum Gasteiger partial charge on any atom is 0.255 e. The summed E-state index contributed by atoms with van der Waals surface area (Å²) >= 11 is 0. The Morgan fingerprint density at radius 2 is 1.91 bits per heavy atom. The van der Waals surface area contributed by atoms with Crippen LogP contribution in [0.15, 0.2) is 47.5 Å². The molecule has 2 saturated heterocycles. The zero-order valence-corrected chi connectivity index (χ0v) is 19.0. The third kappa shape index (κ3) is 5.32. The van der Waals surface area contributed by atoms with Gasteiger partial charge in [-0.25, -0.2) is 13.4 Å². The van der Waals surface area contributed by atoms with Gasteiger partial charge in [0.15, 0.2) is 0 Å². The number of anilines is 2. The first kappa shape index (κ1) is 23.1. The first-order valence-electron chi connectivity index (χ1n) is 10.8. The molecule has 0 spiro atoms. The fourth-order valence-electron chi connectivity index (χ4n) is 4.00. The zero-order chi connectivity index (χ0) is 23.4. The predicted octanol–water partition coefficient (Wildman–Crippen LogP) is 1.06. The molecule has 0 saturated carbocycles. The SMILES string of the molecule is NC(=O)C1CCCN(c2ccc(NC(=O)c3cccc(S(=O)(=O)N4CCOCC4)c3)cn2)C1. The van der Waals surface area contributed by atoms with E-state index in [-0.39, 0.29) is 35.4 Å². The second-order valence-electron chi connectivity index (χ2n) is 8.09. The lowest BCUT2D eigenvalue weighted by atomic mass is 9.97. The van der Waals surface area contributed by atoms with E-state index in [1.807, 2.05) is 4.90 Å². The van der Waals surface area contributed by atoms with Gasteiger partial charge in [-0.1, -0.05) is 6.07 Å². The highest BCUT2D eigenvalue weighted by atomic mass is 32.2. The van der Waals surface area contributed by atoms with Crippen LogP contribution in [0.3, 0.4) is 0 Å². The van der Waals surface area contributed by atoms with Gasteiger partial charge in [0.2, 0.25) is 15.9 Å². The van der Waals surface area contributed by atoms with Gasteiger partial charge in [0.1, 0.15) is 5.82 Å². The quantitative estimate of drug-likeness (QED) is 0.640. The maximum atomic E-state index is 12.9. The van der Waals surface area contributed by atoms with E-state index in [0.717, 1.165) is 19.4 Å². The Hall–Kier alpha value is -3.02. The summed E-state index contributed by atoms with van der Waals surface area (Å²) in [5.41, 5.74) is 6.15. The van der Waals surface area contributed by atoms with Gasteiger partial charge in [0.25, 0.3) is 5.91 Å². The van der Waals surface area contributed by atoms with Crippen molar-refractivity contribution in [1.82, 2.24) is 9.29 Å². The lowest BCUT2D eigenvalue weighted by molar-refractivity contribution is -0.122. The first-order valence-corrected chi connectivity index (χ1v) is 12.3. The van der Waals surface area contributed by atoms with E-state index in [1.54, 1.807) is 24.3 Å². The molecule has 2 aliphatic rings. The number of sulfonamides is 1. The van der Waals surface area contributed by atoms with Crippen LogP contribution >= 0.6 is 0 Å². The van der Waals surface area contributed by atoms with Crippen molar-refractivity contribution in [2.45, 2.75) is 17.7 Å². The van der Waals surface area contributed by atoms with E-state index in [1.165, 1.54) is 22.6 Å². The number of morpholine rings is 1. The Morgan fingerprint density at radius 3 is 2.61 bits per heavy atom. The summed E-state index contributed by atoms with van der Waals surface area (Å²) < 4.78 is 32.3. The standard InChI is InChI=1S/C22H27N5O5S/c23-21(28)17-4-2-8-26(15-17)20-7-6-18(14-24-20)25-22(29)16-3-1-5-19(13-16)33(30,31)27-9-11-32-12-10-27/h1,3,5-7,13-14,17H,2,4,8-12,15H2,(H2,23,28)(H,25,29). The molecule has 3 heterocycles. The van der Waals surface area contributed by atoms with Crippen LogP contribution in [0.25, 0.3) is 0 Å². The molecule has 1 unspecified atom stereocenters. The number of ether oxygens (including phenoxy) is 1. The van der Waals surface area contributed by atoms with Crippen LogP contribution in [0.1, 0.15) is 23.2 Å². The van der Waals surface area contributed by atoms with E-state index in [9.17, 15) is 18.0 Å². The van der Waals surface area contributed by atoms with Gasteiger partial charge in [0.05, 0.1) is 35.9 Å². The lowest BCUT2D eigenvalue weighted by Crippen LogP contribution is -2.41. The Bertz CT molecular complexity index is 1120. The molecule has 2 fully saturated rings. The Labute approximate surface area is 192 Å². The van der Waals surface area contributed by atoms with Gasteiger partial charge >= 0.3 is 0 Å². The molecule has 2 amide bonds. The molecule has 1 aromatic carbocycles. The Morgan fingerprint density at radius 1 is 1.12 bits per heavy atom. The molecule has 0 radical (unpaired) electrons. The van der Waals surface area contributed by atoms with E-state index >= 15 is 0 Å². The molecule has 10 nitrogen and oxygen atoms in total. The molecule has 2 aliphatic heterocycles. The minimum Gasteiger partial charge on any atom is -0.379 e. The predicted molar refractivity (Wildman–Crippen MR) is 122 cm³/mol.